The lowest BCUT2D eigenvalue weighted by Crippen LogP contribution is -2.35. The molecule has 0 aliphatic heterocycles. The quantitative estimate of drug-likeness (QED) is 0.803. The van der Waals surface area contributed by atoms with Crippen LogP contribution in [0.2, 0.25) is 0 Å². The molecule has 5 nitrogen and oxygen atoms in total. The maximum absolute atomic E-state index is 12.0. The van der Waals surface area contributed by atoms with E-state index in [0.717, 1.165) is 36.1 Å². The van der Waals surface area contributed by atoms with Gasteiger partial charge in [-0.1, -0.05) is 48.1 Å². The first-order valence-electron chi connectivity index (χ1n) is 7.95. The van der Waals surface area contributed by atoms with E-state index in [1.807, 2.05) is 30.3 Å². The Labute approximate surface area is 139 Å². The van der Waals surface area contributed by atoms with Crippen LogP contribution in [-0.4, -0.2) is 28.8 Å². The lowest BCUT2D eigenvalue weighted by molar-refractivity contribution is 0.101. The zero-order chi connectivity index (χ0) is 16.1. The Morgan fingerprint density at radius 2 is 2.13 bits per heavy atom. The third-order valence-electron chi connectivity index (χ3n) is 4.09. The van der Waals surface area contributed by atoms with Crippen molar-refractivity contribution in [3.05, 3.63) is 36.5 Å². The zero-order valence-electron chi connectivity index (χ0n) is 12.9. The number of carbonyl (C=O) groups is 1. The van der Waals surface area contributed by atoms with Gasteiger partial charge in [-0.15, -0.1) is 0 Å². The smallest absolute Gasteiger partial charge is 0.321 e. The summed E-state index contributed by atoms with van der Waals surface area (Å²) >= 11 is 1.45. The largest absolute Gasteiger partial charge is 0.393 e. The molecule has 1 aliphatic carbocycles. The van der Waals surface area contributed by atoms with Gasteiger partial charge in [-0.3, -0.25) is 5.32 Å². The number of nitrogens with one attached hydrogen (secondary N) is 2. The van der Waals surface area contributed by atoms with Crippen LogP contribution in [0.1, 0.15) is 25.7 Å². The molecule has 0 radical (unpaired) electrons. The second-order valence-corrected chi connectivity index (χ2v) is 6.95. The van der Waals surface area contributed by atoms with Gasteiger partial charge in [0.1, 0.15) is 0 Å². The first kappa shape index (κ1) is 16.0. The average Bonchev–Trinajstić information content (AvgIpc) is 3.02. The number of anilines is 1. The third-order valence-corrected chi connectivity index (χ3v) is 5.05. The first-order valence-corrected chi connectivity index (χ1v) is 8.76. The van der Waals surface area contributed by atoms with Crippen molar-refractivity contribution in [2.45, 2.75) is 31.8 Å². The molecule has 23 heavy (non-hydrogen) atoms. The highest BCUT2D eigenvalue weighted by Crippen LogP contribution is 2.28. The van der Waals surface area contributed by atoms with E-state index in [-0.39, 0.29) is 12.1 Å². The highest BCUT2D eigenvalue weighted by molar-refractivity contribution is 7.19. The maximum atomic E-state index is 12.0. The molecule has 2 unspecified atom stereocenters. The number of thiazole rings is 1. The lowest BCUT2D eigenvalue weighted by atomic mass is 9.87. The summed E-state index contributed by atoms with van der Waals surface area (Å²) < 4.78 is 0. The number of hydrogen-bond donors (Lipinski definition) is 3. The highest BCUT2D eigenvalue weighted by Gasteiger charge is 2.20. The average molecular weight is 331 g/mol. The summed E-state index contributed by atoms with van der Waals surface area (Å²) in [6.45, 7) is 0.597. The summed E-state index contributed by atoms with van der Waals surface area (Å²) in [6.07, 6.45) is 5.30. The van der Waals surface area contributed by atoms with E-state index in [2.05, 4.69) is 15.6 Å². The number of nitrogens with zero attached hydrogens (tertiary/aromatic N) is 1. The second-order valence-electron chi connectivity index (χ2n) is 5.92. The van der Waals surface area contributed by atoms with Crippen LogP contribution < -0.4 is 10.6 Å². The van der Waals surface area contributed by atoms with Gasteiger partial charge in [0.2, 0.25) is 0 Å². The summed E-state index contributed by atoms with van der Waals surface area (Å²) in [5.41, 5.74) is 1.09. The fourth-order valence-corrected chi connectivity index (χ4v) is 3.71. The molecular formula is C17H21N3O2S. The van der Waals surface area contributed by atoms with E-state index in [4.69, 9.17) is 0 Å². The van der Waals surface area contributed by atoms with Crippen LogP contribution in [0.4, 0.5) is 9.93 Å². The molecule has 1 saturated carbocycles. The number of aliphatic hydroxyl groups is 1. The predicted molar refractivity (Wildman–Crippen MR) is 92.5 cm³/mol. The molecule has 1 heterocycles. The van der Waals surface area contributed by atoms with Gasteiger partial charge >= 0.3 is 6.03 Å². The fourth-order valence-electron chi connectivity index (χ4n) is 2.89. The van der Waals surface area contributed by atoms with Crippen molar-refractivity contribution in [2.24, 2.45) is 5.92 Å². The molecule has 0 saturated heterocycles. The van der Waals surface area contributed by atoms with Crippen molar-refractivity contribution in [3.8, 4) is 10.4 Å². The molecule has 0 spiro atoms. The Morgan fingerprint density at radius 3 is 2.91 bits per heavy atom. The summed E-state index contributed by atoms with van der Waals surface area (Å²) in [4.78, 5) is 17.2. The van der Waals surface area contributed by atoms with Crippen LogP contribution in [0.15, 0.2) is 36.5 Å². The van der Waals surface area contributed by atoms with Crippen LogP contribution >= 0.6 is 11.3 Å². The van der Waals surface area contributed by atoms with Gasteiger partial charge in [-0.05, 0) is 30.7 Å². The molecular weight excluding hydrogens is 310 g/mol. The number of aromatic nitrogens is 1. The monoisotopic (exact) mass is 331 g/mol. The summed E-state index contributed by atoms with van der Waals surface area (Å²) in [5, 5.41) is 15.9. The van der Waals surface area contributed by atoms with E-state index in [9.17, 15) is 9.90 Å². The minimum absolute atomic E-state index is 0.217. The van der Waals surface area contributed by atoms with Gasteiger partial charge in [0.05, 0.1) is 11.0 Å². The molecule has 122 valence electrons. The van der Waals surface area contributed by atoms with Crippen LogP contribution in [0, 0.1) is 5.92 Å². The van der Waals surface area contributed by atoms with Crippen molar-refractivity contribution in [1.82, 2.24) is 10.3 Å². The van der Waals surface area contributed by atoms with Crippen molar-refractivity contribution >= 4 is 22.5 Å². The van der Waals surface area contributed by atoms with E-state index in [1.54, 1.807) is 6.20 Å². The van der Waals surface area contributed by atoms with Crippen LogP contribution in [-0.2, 0) is 0 Å². The van der Waals surface area contributed by atoms with E-state index < -0.39 is 0 Å². The molecule has 1 aromatic carbocycles. The zero-order valence-corrected chi connectivity index (χ0v) is 13.7. The molecule has 6 heteroatoms. The Hall–Kier alpha value is -1.92. The number of aliphatic hydroxyl groups excluding tert-OH is 1. The number of carbonyl (C=O) groups excluding carboxylic acids is 1. The summed E-state index contributed by atoms with van der Waals surface area (Å²) in [6, 6.07) is 9.73. The number of benzene rings is 1. The number of hydrogen-bond acceptors (Lipinski definition) is 4. The topological polar surface area (TPSA) is 74.2 Å². The van der Waals surface area contributed by atoms with Gasteiger partial charge < -0.3 is 10.4 Å². The first-order chi connectivity index (χ1) is 11.2. The van der Waals surface area contributed by atoms with Crippen LogP contribution in [0.25, 0.3) is 10.4 Å². The predicted octanol–water partition coefficient (Wildman–Crippen LogP) is 3.48. The molecule has 1 aliphatic rings. The molecule has 1 fully saturated rings. The minimum atomic E-state index is -0.237. The van der Waals surface area contributed by atoms with Gasteiger partial charge in [0.15, 0.2) is 5.13 Å². The molecule has 3 rings (SSSR count). The number of rotatable bonds is 4. The van der Waals surface area contributed by atoms with Gasteiger partial charge in [0.25, 0.3) is 0 Å². The van der Waals surface area contributed by atoms with Gasteiger partial charge in [-0.2, -0.15) is 0 Å². The second kappa shape index (κ2) is 7.57. The van der Waals surface area contributed by atoms with Crippen molar-refractivity contribution in [3.63, 3.8) is 0 Å². The standard InChI is InChI=1S/C17H21N3O2S/c21-14-8-4-5-12(9-14)10-18-16(22)20-17-19-11-15(23-17)13-6-2-1-3-7-13/h1-3,6-7,11-12,14,21H,4-5,8-10H2,(H2,18,19,20,22). The molecule has 2 atom stereocenters. The summed E-state index contributed by atoms with van der Waals surface area (Å²) in [5.74, 6) is 0.362. The SMILES string of the molecule is O=C(NCC1CCCC(O)C1)Nc1ncc(-c2ccccc2)s1. The van der Waals surface area contributed by atoms with Crippen molar-refractivity contribution in [1.29, 1.82) is 0 Å². The van der Waals surface area contributed by atoms with E-state index >= 15 is 0 Å². The van der Waals surface area contributed by atoms with Gasteiger partial charge in [0, 0.05) is 12.7 Å². The molecule has 0 bridgehead atoms. The van der Waals surface area contributed by atoms with E-state index in [0.29, 0.717) is 17.6 Å². The Balaban J connectivity index is 1.49. The van der Waals surface area contributed by atoms with Crippen LogP contribution in [0.3, 0.4) is 0 Å². The molecule has 3 N–H and O–H groups in total. The normalized spacial score (nSPS) is 20.9. The Morgan fingerprint density at radius 1 is 1.30 bits per heavy atom. The Kier molecular flexibility index (Phi) is 5.25. The van der Waals surface area contributed by atoms with E-state index in [1.165, 1.54) is 11.3 Å². The number of amides is 2. The van der Waals surface area contributed by atoms with Crippen molar-refractivity contribution < 1.29 is 9.90 Å². The van der Waals surface area contributed by atoms with Crippen molar-refractivity contribution in [2.75, 3.05) is 11.9 Å². The Bertz CT molecular complexity index is 644. The third kappa shape index (κ3) is 4.53. The highest BCUT2D eigenvalue weighted by atomic mass is 32.1. The fraction of sp³-hybridized carbons (Fsp3) is 0.412. The van der Waals surface area contributed by atoms with Gasteiger partial charge in [-0.25, -0.2) is 9.78 Å². The molecule has 2 aromatic rings. The summed E-state index contributed by atoms with van der Waals surface area (Å²) in [7, 11) is 0. The lowest BCUT2D eigenvalue weighted by Gasteiger charge is -2.25. The molecule has 1 aromatic heterocycles. The molecule has 2 amide bonds. The minimum Gasteiger partial charge on any atom is -0.393 e. The maximum Gasteiger partial charge on any atom is 0.321 e. The number of urea groups is 1. The van der Waals surface area contributed by atoms with Crippen LogP contribution in [0.5, 0.6) is 0 Å².